The van der Waals surface area contributed by atoms with Crippen LogP contribution < -0.4 is 5.32 Å². The minimum Gasteiger partial charge on any atom is -0.322 e. The van der Waals surface area contributed by atoms with Gasteiger partial charge in [-0.2, -0.15) is 4.31 Å². The molecule has 0 unspecified atom stereocenters. The third-order valence-electron chi connectivity index (χ3n) is 4.49. The van der Waals surface area contributed by atoms with Crippen LogP contribution in [0.5, 0.6) is 0 Å². The Hall–Kier alpha value is -1.60. The van der Waals surface area contributed by atoms with E-state index in [9.17, 15) is 13.2 Å². The summed E-state index contributed by atoms with van der Waals surface area (Å²) in [6.45, 7) is 1.10. The fourth-order valence-electron chi connectivity index (χ4n) is 3.01. The first-order valence-corrected chi connectivity index (χ1v) is 10.9. The second kappa shape index (κ2) is 8.61. The predicted molar refractivity (Wildman–Crippen MR) is 108 cm³/mol. The van der Waals surface area contributed by atoms with Crippen molar-refractivity contribution in [2.24, 2.45) is 0 Å². The molecule has 8 heteroatoms. The van der Waals surface area contributed by atoms with Gasteiger partial charge in [0.1, 0.15) is 0 Å². The smallest absolute Gasteiger partial charge is 0.257 e. The average molecular weight is 427 g/mol. The molecule has 0 radical (unpaired) electrons. The van der Waals surface area contributed by atoms with Crippen LogP contribution in [0.25, 0.3) is 0 Å². The fraction of sp³-hybridized carbons (Fsp3) is 0.316. The van der Waals surface area contributed by atoms with Crippen molar-refractivity contribution in [2.45, 2.75) is 30.6 Å². The lowest BCUT2D eigenvalue weighted by molar-refractivity contribution is 0.102. The van der Waals surface area contributed by atoms with E-state index in [2.05, 4.69) is 5.32 Å². The lowest BCUT2D eigenvalue weighted by Gasteiger charge is -2.20. The highest BCUT2D eigenvalue weighted by Gasteiger charge is 2.25. The molecule has 0 spiro atoms. The van der Waals surface area contributed by atoms with E-state index in [0.717, 1.165) is 25.7 Å². The Labute approximate surface area is 169 Å². The molecule has 0 saturated carbocycles. The zero-order valence-electron chi connectivity index (χ0n) is 14.6. The van der Waals surface area contributed by atoms with E-state index in [0.29, 0.717) is 29.4 Å². The Kier molecular flexibility index (Phi) is 6.42. The molecule has 2 aromatic rings. The van der Waals surface area contributed by atoms with Crippen LogP contribution in [0.1, 0.15) is 36.0 Å². The molecule has 1 fully saturated rings. The minimum atomic E-state index is -3.51. The highest BCUT2D eigenvalue weighted by atomic mass is 35.5. The van der Waals surface area contributed by atoms with Crippen molar-refractivity contribution in [3.8, 4) is 0 Å². The molecule has 27 heavy (non-hydrogen) atoms. The molecule has 5 nitrogen and oxygen atoms in total. The molecule has 0 bridgehead atoms. The molecular formula is C19H20Cl2N2O3S. The van der Waals surface area contributed by atoms with Crippen LogP contribution in [0.15, 0.2) is 47.4 Å². The monoisotopic (exact) mass is 426 g/mol. The maximum absolute atomic E-state index is 12.8. The first-order valence-electron chi connectivity index (χ1n) is 8.74. The summed E-state index contributed by atoms with van der Waals surface area (Å²) in [5.41, 5.74) is 0.781. The van der Waals surface area contributed by atoms with E-state index in [1.54, 1.807) is 22.5 Å². The summed E-state index contributed by atoms with van der Waals surface area (Å²) in [6.07, 6.45) is 3.89. The van der Waals surface area contributed by atoms with Gasteiger partial charge in [-0.1, -0.05) is 36.0 Å². The van der Waals surface area contributed by atoms with Crippen molar-refractivity contribution in [1.82, 2.24) is 4.31 Å². The third kappa shape index (κ3) is 4.82. The second-order valence-electron chi connectivity index (χ2n) is 6.42. The van der Waals surface area contributed by atoms with E-state index in [-0.39, 0.29) is 15.8 Å². The first-order chi connectivity index (χ1) is 12.9. The summed E-state index contributed by atoms with van der Waals surface area (Å²) < 4.78 is 27.1. The van der Waals surface area contributed by atoms with Gasteiger partial charge in [-0.15, -0.1) is 0 Å². The summed E-state index contributed by atoms with van der Waals surface area (Å²) >= 11 is 11.9. The van der Waals surface area contributed by atoms with Crippen LogP contribution in [0.2, 0.25) is 10.0 Å². The summed E-state index contributed by atoms with van der Waals surface area (Å²) in [5, 5.41) is 3.41. The van der Waals surface area contributed by atoms with Crippen LogP contribution in [0, 0.1) is 0 Å². The third-order valence-corrected chi connectivity index (χ3v) is 6.95. The molecule has 2 aromatic carbocycles. The zero-order chi connectivity index (χ0) is 19.4. The SMILES string of the molecule is O=C(Nc1ccc(S(=O)(=O)N2CCCCCC2)cc1)c1ccc(Cl)cc1Cl. The molecule has 0 aliphatic carbocycles. The highest BCUT2D eigenvalue weighted by molar-refractivity contribution is 7.89. The number of halogens is 2. The maximum Gasteiger partial charge on any atom is 0.257 e. The topological polar surface area (TPSA) is 66.5 Å². The Morgan fingerprint density at radius 2 is 1.56 bits per heavy atom. The Morgan fingerprint density at radius 1 is 0.926 bits per heavy atom. The molecule has 1 N–H and O–H groups in total. The van der Waals surface area contributed by atoms with Gasteiger partial charge in [0.2, 0.25) is 10.0 Å². The molecule has 1 aliphatic rings. The van der Waals surface area contributed by atoms with Gasteiger partial charge < -0.3 is 5.32 Å². The van der Waals surface area contributed by atoms with Crippen molar-refractivity contribution >= 4 is 44.8 Å². The normalized spacial score (nSPS) is 15.9. The number of anilines is 1. The van der Waals surface area contributed by atoms with E-state index >= 15 is 0 Å². The number of benzene rings is 2. The van der Waals surface area contributed by atoms with Crippen molar-refractivity contribution < 1.29 is 13.2 Å². The molecule has 1 amide bonds. The summed E-state index contributed by atoms with van der Waals surface area (Å²) in [4.78, 5) is 12.6. The van der Waals surface area contributed by atoms with Crippen LogP contribution in [0.3, 0.4) is 0 Å². The highest BCUT2D eigenvalue weighted by Crippen LogP contribution is 2.24. The Balaban J connectivity index is 1.74. The molecule has 0 atom stereocenters. The number of hydrogen-bond donors (Lipinski definition) is 1. The fourth-order valence-corrected chi connectivity index (χ4v) is 5.02. The van der Waals surface area contributed by atoms with Crippen LogP contribution in [-0.4, -0.2) is 31.7 Å². The average Bonchev–Trinajstić information content (AvgIpc) is 2.92. The molecule has 1 aliphatic heterocycles. The van der Waals surface area contributed by atoms with E-state index < -0.39 is 10.0 Å². The number of carbonyl (C=O) groups excluding carboxylic acids is 1. The van der Waals surface area contributed by atoms with Crippen LogP contribution >= 0.6 is 23.2 Å². The number of carbonyl (C=O) groups is 1. The van der Waals surface area contributed by atoms with Crippen LogP contribution in [0.4, 0.5) is 5.69 Å². The molecule has 144 valence electrons. The lowest BCUT2D eigenvalue weighted by atomic mass is 10.2. The molecule has 1 saturated heterocycles. The molecule has 1 heterocycles. The van der Waals surface area contributed by atoms with Gasteiger partial charge in [0.05, 0.1) is 15.5 Å². The quantitative estimate of drug-likeness (QED) is 0.762. The number of amides is 1. The lowest BCUT2D eigenvalue weighted by Crippen LogP contribution is -2.31. The minimum absolute atomic E-state index is 0.229. The van der Waals surface area contributed by atoms with E-state index in [1.807, 2.05) is 0 Å². The van der Waals surface area contributed by atoms with Gasteiger partial charge in [0.25, 0.3) is 5.91 Å². The van der Waals surface area contributed by atoms with Crippen molar-refractivity contribution in [2.75, 3.05) is 18.4 Å². The number of nitrogens with zero attached hydrogens (tertiary/aromatic N) is 1. The van der Waals surface area contributed by atoms with Crippen molar-refractivity contribution in [3.05, 3.63) is 58.1 Å². The number of rotatable bonds is 4. The Bertz CT molecular complexity index is 922. The van der Waals surface area contributed by atoms with Gasteiger partial charge in [-0.05, 0) is 55.3 Å². The molecule has 0 aromatic heterocycles. The van der Waals surface area contributed by atoms with Gasteiger partial charge in [-0.3, -0.25) is 4.79 Å². The van der Waals surface area contributed by atoms with E-state index in [4.69, 9.17) is 23.2 Å². The maximum atomic E-state index is 12.8. The largest absolute Gasteiger partial charge is 0.322 e. The molecular weight excluding hydrogens is 407 g/mol. The molecule has 3 rings (SSSR count). The van der Waals surface area contributed by atoms with Crippen molar-refractivity contribution in [1.29, 1.82) is 0 Å². The Morgan fingerprint density at radius 3 is 2.15 bits per heavy atom. The number of hydrogen-bond acceptors (Lipinski definition) is 3. The second-order valence-corrected chi connectivity index (χ2v) is 9.20. The first kappa shape index (κ1) is 20.1. The predicted octanol–water partition coefficient (Wildman–Crippen LogP) is 4.81. The van der Waals surface area contributed by atoms with Gasteiger partial charge >= 0.3 is 0 Å². The summed E-state index contributed by atoms with van der Waals surface area (Å²) in [7, 11) is -3.51. The van der Waals surface area contributed by atoms with Crippen molar-refractivity contribution in [3.63, 3.8) is 0 Å². The summed E-state index contributed by atoms with van der Waals surface area (Å²) in [6, 6.07) is 10.8. The van der Waals surface area contributed by atoms with Gasteiger partial charge in [-0.25, -0.2) is 8.42 Å². The van der Waals surface area contributed by atoms with Gasteiger partial charge in [0, 0.05) is 23.8 Å². The number of nitrogens with one attached hydrogen (secondary N) is 1. The zero-order valence-corrected chi connectivity index (χ0v) is 16.9. The standard InChI is InChI=1S/C19H20Cl2N2O3S/c20-14-5-10-17(18(21)13-14)19(24)22-15-6-8-16(9-7-15)27(25,26)23-11-3-1-2-4-12-23/h5-10,13H,1-4,11-12H2,(H,22,24). The number of sulfonamides is 1. The summed E-state index contributed by atoms with van der Waals surface area (Å²) in [5.74, 6) is -0.389. The van der Waals surface area contributed by atoms with Crippen LogP contribution in [-0.2, 0) is 10.0 Å². The van der Waals surface area contributed by atoms with Gasteiger partial charge in [0.15, 0.2) is 0 Å². The van der Waals surface area contributed by atoms with E-state index in [1.165, 1.54) is 24.3 Å².